The molecule has 1 N–H and O–H groups in total. The van der Waals surface area contributed by atoms with Gasteiger partial charge in [0.05, 0.1) is 26.9 Å². The Balaban J connectivity index is 1.58. The van der Waals surface area contributed by atoms with Gasteiger partial charge >= 0.3 is 0 Å². The second-order valence-electron chi connectivity index (χ2n) is 7.58. The highest BCUT2D eigenvalue weighted by Gasteiger charge is 2.26. The lowest BCUT2D eigenvalue weighted by molar-refractivity contribution is 0.0902. The van der Waals surface area contributed by atoms with Gasteiger partial charge in [-0.15, -0.1) is 0 Å². The van der Waals surface area contributed by atoms with Crippen LogP contribution in [-0.4, -0.2) is 57.8 Å². The van der Waals surface area contributed by atoms with E-state index in [2.05, 4.69) is 10.2 Å². The van der Waals surface area contributed by atoms with Crippen molar-refractivity contribution < 1.29 is 19.0 Å². The summed E-state index contributed by atoms with van der Waals surface area (Å²) in [6.07, 6.45) is 7.54. The van der Waals surface area contributed by atoms with Gasteiger partial charge in [-0.05, 0) is 43.7 Å². The Hall–Kier alpha value is -1.95. The van der Waals surface area contributed by atoms with E-state index in [1.54, 1.807) is 26.4 Å². The van der Waals surface area contributed by atoms with Crippen LogP contribution in [0.5, 0.6) is 17.2 Å². The van der Waals surface area contributed by atoms with E-state index >= 15 is 0 Å². The van der Waals surface area contributed by atoms with E-state index in [9.17, 15) is 4.79 Å². The number of nitrogens with one attached hydrogen (secondary N) is 1. The highest BCUT2D eigenvalue weighted by atomic mass is 16.5. The van der Waals surface area contributed by atoms with Crippen molar-refractivity contribution in [2.24, 2.45) is 5.92 Å². The molecule has 1 aromatic rings. The van der Waals surface area contributed by atoms with Gasteiger partial charge < -0.3 is 24.4 Å². The minimum atomic E-state index is -0.123. The lowest BCUT2D eigenvalue weighted by Gasteiger charge is -2.34. The SMILES string of the molecule is COc1ccc(C(=O)NC2CCN(CC3CCCC3)CC2)c(OC)c1OC. The van der Waals surface area contributed by atoms with Crippen LogP contribution in [0.15, 0.2) is 12.1 Å². The molecule has 1 aliphatic heterocycles. The lowest BCUT2D eigenvalue weighted by Crippen LogP contribution is -2.45. The fraction of sp³-hybridized carbons (Fsp3) is 0.667. The van der Waals surface area contributed by atoms with Crippen LogP contribution in [0, 0.1) is 5.92 Å². The zero-order valence-electron chi connectivity index (χ0n) is 16.8. The number of carbonyl (C=O) groups excluding carboxylic acids is 1. The average Bonchev–Trinajstić information content (AvgIpc) is 3.21. The van der Waals surface area contributed by atoms with Gasteiger partial charge in [-0.25, -0.2) is 0 Å². The molecule has 0 spiro atoms. The normalized spacial score (nSPS) is 19.1. The molecule has 1 heterocycles. The van der Waals surface area contributed by atoms with Gasteiger partial charge in [0.15, 0.2) is 11.5 Å². The van der Waals surface area contributed by atoms with Gasteiger partial charge in [0, 0.05) is 25.7 Å². The number of carbonyl (C=O) groups is 1. The second-order valence-corrected chi connectivity index (χ2v) is 7.58. The molecule has 2 fully saturated rings. The topological polar surface area (TPSA) is 60.0 Å². The van der Waals surface area contributed by atoms with Crippen LogP contribution in [0.4, 0.5) is 0 Å². The molecule has 1 aromatic carbocycles. The zero-order chi connectivity index (χ0) is 19.2. The van der Waals surface area contributed by atoms with Crippen LogP contribution in [-0.2, 0) is 0 Å². The molecule has 1 saturated carbocycles. The summed E-state index contributed by atoms with van der Waals surface area (Å²) in [5, 5.41) is 3.17. The first-order chi connectivity index (χ1) is 13.2. The molecule has 6 heteroatoms. The zero-order valence-corrected chi connectivity index (χ0v) is 16.8. The summed E-state index contributed by atoms with van der Waals surface area (Å²) < 4.78 is 16.1. The first-order valence-corrected chi connectivity index (χ1v) is 9.98. The first-order valence-electron chi connectivity index (χ1n) is 9.98. The summed E-state index contributed by atoms with van der Waals surface area (Å²) in [4.78, 5) is 15.4. The Morgan fingerprint density at radius 2 is 1.67 bits per heavy atom. The van der Waals surface area contributed by atoms with Crippen LogP contribution in [0.25, 0.3) is 0 Å². The summed E-state index contributed by atoms with van der Waals surface area (Å²) in [7, 11) is 4.65. The van der Waals surface area contributed by atoms with Crippen LogP contribution >= 0.6 is 0 Å². The number of rotatable bonds is 7. The molecular formula is C21H32N2O4. The molecule has 6 nitrogen and oxygen atoms in total. The number of ether oxygens (including phenoxy) is 3. The molecule has 3 rings (SSSR count). The molecule has 0 radical (unpaired) electrons. The van der Waals surface area contributed by atoms with Gasteiger partial charge in [0.2, 0.25) is 5.75 Å². The largest absolute Gasteiger partial charge is 0.493 e. The van der Waals surface area contributed by atoms with Crippen molar-refractivity contribution in [3.63, 3.8) is 0 Å². The molecule has 0 aromatic heterocycles. The van der Waals surface area contributed by atoms with Crippen LogP contribution in [0.3, 0.4) is 0 Å². The second kappa shape index (κ2) is 9.31. The summed E-state index contributed by atoms with van der Waals surface area (Å²) in [6.45, 7) is 3.35. The highest BCUT2D eigenvalue weighted by Crippen LogP contribution is 2.39. The number of hydrogen-bond donors (Lipinski definition) is 1. The van der Waals surface area contributed by atoms with Crippen molar-refractivity contribution in [1.82, 2.24) is 10.2 Å². The summed E-state index contributed by atoms with van der Waals surface area (Å²) >= 11 is 0. The molecule has 2 aliphatic rings. The Labute approximate surface area is 162 Å². The van der Waals surface area contributed by atoms with E-state index < -0.39 is 0 Å². The average molecular weight is 376 g/mol. The third-order valence-electron chi connectivity index (χ3n) is 5.86. The van der Waals surface area contributed by atoms with Crippen LogP contribution < -0.4 is 19.5 Å². The molecular weight excluding hydrogens is 344 g/mol. The molecule has 1 aliphatic carbocycles. The predicted molar refractivity (Wildman–Crippen MR) is 105 cm³/mol. The molecule has 27 heavy (non-hydrogen) atoms. The number of piperidine rings is 1. The van der Waals surface area contributed by atoms with E-state index in [1.165, 1.54) is 39.3 Å². The van der Waals surface area contributed by atoms with Gasteiger partial charge in [0.1, 0.15) is 0 Å². The van der Waals surface area contributed by atoms with Crippen molar-refractivity contribution in [1.29, 1.82) is 0 Å². The van der Waals surface area contributed by atoms with Crippen molar-refractivity contribution in [2.45, 2.75) is 44.6 Å². The Kier molecular flexibility index (Phi) is 6.83. The predicted octanol–water partition coefficient (Wildman–Crippen LogP) is 3.10. The quantitative estimate of drug-likeness (QED) is 0.792. The number of nitrogens with zero attached hydrogens (tertiary/aromatic N) is 1. The number of benzene rings is 1. The molecule has 0 atom stereocenters. The van der Waals surface area contributed by atoms with Gasteiger partial charge in [0.25, 0.3) is 5.91 Å². The molecule has 1 saturated heterocycles. The van der Waals surface area contributed by atoms with E-state index in [0.29, 0.717) is 22.8 Å². The van der Waals surface area contributed by atoms with Crippen LogP contribution in [0.2, 0.25) is 0 Å². The number of amides is 1. The van der Waals surface area contributed by atoms with E-state index in [0.717, 1.165) is 31.8 Å². The maximum Gasteiger partial charge on any atom is 0.255 e. The maximum absolute atomic E-state index is 12.8. The Morgan fingerprint density at radius 3 is 2.26 bits per heavy atom. The number of hydrogen-bond acceptors (Lipinski definition) is 5. The maximum atomic E-state index is 12.8. The number of methoxy groups -OCH3 is 3. The number of likely N-dealkylation sites (tertiary alicyclic amines) is 1. The lowest BCUT2D eigenvalue weighted by atomic mass is 10.0. The first kappa shape index (κ1) is 19.8. The van der Waals surface area contributed by atoms with E-state index in [4.69, 9.17) is 14.2 Å². The third-order valence-corrected chi connectivity index (χ3v) is 5.86. The fourth-order valence-electron chi connectivity index (χ4n) is 4.36. The van der Waals surface area contributed by atoms with Crippen molar-refractivity contribution in [3.05, 3.63) is 17.7 Å². The molecule has 0 bridgehead atoms. The summed E-state index contributed by atoms with van der Waals surface area (Å²) in [6, 6.07) is 3.67. The molecule has 150 valence electrons. The highest BCUT2D eigenvalue weighted by molar-refractivity contribution is 5.98. The minimum Gasteiger partial charge on any atom is -0.493 e. The third kappa shape index (κ3) is 4.67. The monoisotopic (exact) mass is 376 g/mol. The van der Waals surface area contributed by atoms with Gasteiger partial charge in [-0.2, -0.15) is 0 Å². The minimum absolute atomic E-state index is 0.123. The molecule has 1 amide bonds. The van der Waals surface area contributed by atoms with Crippen molar-refractivity contribution in [3.8, 4) is 17.2 Å². The summed E-state index contributed by atoms with van der Waals surface area (Å²) in [5.41, 5.74) is 0.475. The Morgan fingerprint density at radius 1 is 1.00 bits per heavy atom. The Bertz CT molecular complexity index is 635. The van der Waals surface area contributed by atoms with Crippen molar-refractivity contribution >= 4 is 5.91 Å². The fourth-order valence-corrected chi connectivity index (χ4v) is 4.36. The smallest absolute Gasteiger partial charge is 0.255 e. The molecule has 0 unspecified atom stereocenters. The van der Waals surface area contributed by atoms with E-state index in [1.807, 2.05) is 0 Å². The summed E-state index contributed by atoms with van der Waals surface area (Å²) in [5.74, 6) is 2.16. The standard InChI is InChI=1S/C21H32N2O4/c1-25-18-9-8-17(19(26-2)20(18)27-3)21(24)22-16-10-12-23(13-11-16)14-15-6-4-5-7-15/h8-9,15-16H,4-7,10-14H2,1-3H3,(H,22,24). The van der Waals surface area contributed by atoms with Crippen LogP contribution in [0.1, 0.15) is 48.9 Å². The van der Waals surface area contributed by atoms with E-state index in [-0.39, 0.29) is 11.9 Å². The van der Waals surface area contributed by atoms with Gasteiger partial charge in [-0.3, -0.25) is 4.79 Å². The van der Waals surface area contributed by atoms with Crippen molar-refractivity contribution in [2.75, 3.05) is 41.0 Å². The van der Waals surface area contributed by atoms with Gasteiger partial charge in [-0.1, -0.05) is 12.8 Å².